The summed E-state index contributed by atoms with van der Waals surface area (Å²) in [6, 6.07) is 4.07. The monoisotopic (exact) mass is 356 g/mol. The van der Waals surface area contributed by atoms with Gasteiger partial charge in [-0.3, -0.25) is 0 Å². The summed E-state index contributed by atoms with van der Waals surface area (Å²) < 4.78 is -0.553. The Morgan fingerprint density at radius 3 is 1.94 bits per heavy atom. The summed E-state index contributed by atoms with van der Waals surface area (Å²) in [5, 5.41) is 41.4. The molecule has 92 valence electrons. The molecule has 0 radical (unpaired) electrons. The number of rotatable bonds is 5. The molecule has 7 heteroatoms. The first-order valence-electron chi connectivity index (χ1n) is 4.42. The van der Waals surface area contributed by atoms with Gasteiger partial charge in [0, 0.05) is 11.8 Å². The van der Waals surface area contributed by atoms with Crippen LogP contribution in [-0.4, -0.2) is 44.3 Å². The van der Waals surface area contributed by atoms with Crippen molar-refractivity contribution in [3.63, 3.8) is 0 Å². The standard InChI is InChI=1S/C6H6Br2N2.C3H8O3/c7-4-6(8,5-10)2-1-3-9;4-1-3(6)2-5/h1-2,4H2;3-6H,1-2H2. The van der Waals surface area contributed by atoms with Crippen molar-refractivity contribution in [1.82, 2.24) is 0 Å². The van der Waals surface area contributed by atoms with Gasteiger partial charge in [-0.2, -0.15) is 10.5 Å². The van der Waals surface area contributed by atoms with E-state index in [4.69, 9.17) is 25.8 Å². The third-order valence-electron chi connectivity index (χ3n) is 1.47. The van der Waals surface area contributed by atoms with Gasteiger partial charge in [-0.15, -0.1) is 0 Å². The van der Waals surface area contributed by atoms with Crippen molar-refractivity contribution in [2.24, 2.45) is 0 Å². The molecule has 5 nitrogen and oxygen atoms in total. The lowest BCUT2D eigenvalue weighted by atomic mass is 10.1. The fraction of sp³-hybridized carbons (Fsp3) is 0.778. The van der Waals surface area contributed by atoms with E-state index in [-0.39, 0.29) is 13.2 Å². The van der Waals surface area contributed by atoms with E-state index in [1.54, 1.807) is 0 Å². The van der Waals surface area contributed by atoms with Crippen LogP contribution < -0.4 is 0 Å². The van der Waals surface area contributed by atoms with Crippen molar-refractivity contribution in [2.75, 3.05) is 18.5 Å². The number of hydrogen-bond donors (Lipinski definition) is 3. The second kappa shape index (κ2) is 11.3. The summed E-state index contributed by atoms with van der Waals surface area (Å²) in [5.74, 6) is 0. The number of hydrogen-bond acceptors (Lipinski definition) is 5. The van der Waals surface area contributed by atoms with Gasteiger partial charge in [0.25, 0.3) is 0 Å². The lowest BCUT2D eigenvalue weighted by Crippen LogP contribution is -2.19. The van der Waals surface area contributed by atoms with Crippen LogP contribution in [0.15, 0.2) is 0 Å². The molecule has 0 fully saturated rings. The van der Waals surface area contributed by atoms with Gasteiger partial charge in [0.15, 0.2) is 0 Å². The van der Waals surface area contributed by atoms with Gasteiger partial charge in [0.1, 0.15) is 10.4 Å². The van der Waals surface area contributed by atoms with E-state index in [1.807, 2.05) is 6.07 Å². The van der Waals surface area contributed by atoms with Gasteiger partial charge >= 0.3 is 0 Å². The molecule has 3 N–H and O–H groups in total. The highest BCUT2D eigenvalue weighted by atomic mass is 79.9. The van der Waals surface area contributed by atoms with Crippen molar-refractivity contribution in [2.45, 2.75) is 23.3 Å². The van der Waals surface area contributed by atoms with E-state index in [0.29, 0.717) is 18.2 Å². The van der Waals surface area contributed by atoms with E-state index in [9.17, 15) is 0 Å². The van der Waals surface area contributed by atoms with Crippen molar-refractivity contribution < 1.29 is 15.3 Å². The number of aliphatic hydroxyl groups is 3. The molecule has 0 amide bonds. The van der Waals surface area contributed by atoms with Crippen LogP contribution in [0.1, 0.15) is 12.8 Å². The van der Waals surface area contributed by atoms with Crippen LogP contribution in [0.4, 0.5) is 0 Å². The van der Waals surface area contributed by atoms with Gasteiger partial charge in [0.2, 0.25) is 0 Å². The Hall–Kier alpha value is -0.180. The molecule has 0 rings (SSSR count). The molecule has 1 unspecified atom stereocenters. The van der Waals surface area contributed by atoms with E-state index in [0.717, 1.165) is 0 Å². The van der Waals surface area contributed by atoms with Crippen LogP contribution in [0.2, 0.25) is 0 Å². The van der Waals surface area contributed by atoms with Crippen molar-refractivity contribution in [3.05, 3.63) is 0 Å². The van der Waals surface area contributed by atoms with E-state index in [2.05, 4.69) is 37.9 Å². The lowest BCUT2D eigenvalue weighted by molar-refractivity contribution is 0.0450. The predicted molar refractivity (Wildman–Crippen MR) is 66.1 cm³/mol. The molecule has 0 aromatic carbocycles. The molecule has 0 saturated carbocycles. The van der Waals surface area contributed by atoms with Gasteiger partial charge in [0.05, 0.1) is 25.4 Å². The maximum Gasteiger partial charge on any atom is 0.123 e. The summed E-state index contributed by atoms with van der Waals surface area (Å²) in [7, 11) is 0. The summed E-state index contributed by atoms with van der Waals surface area (Å²) in [6.07, 6.45) is 0.0142. The quantitative estimate of drug-likeness (QED) is 0.627. The van der Waals surface area contributed by atoms with Crippen LogP contribution in [0.3, 0.4) is 0 Å². The second-order valence-corrected chi connectivity index (χ2v) is 4.97. The largest absolute Gasteiger partial charge is 0.394 e. The first kappa shape index (κ1) is 18.2. The number of halogens is 2. The highest BCUT2D eigenvalue weighted by Crippen LogP contribution is 2.25. The highest BCUT2D eigenvalue weighted by Gasteiger charge is 2.23. The van der Waals surface area contributed by atoms with Crippen molar-refractivity contribution >= 4 is 31.9 Å². The van der Waals surface area contributed by atoms with Gasteiger partial charge in [-0.25, -0.2) is 0 Å². The SMILES string of the molecule is N#CCCC(Br)(C#N)CBr.OCC(O)CO. The summed E-state index contributed by atoms with van der Waals surface area (Å²) in [4.78, 5) is 0. The molecule has 0 spiro atoms. The molecule has 1 atom stereocenters. The minimum atomic E-state index is -0.954. The fourth-order valence-corrected chi connectivity index (χ4v) is 1.07. The molecular formula is C9H14Br2N2O3. The Bertz CT molecular complexity index is 248. The Labute approximate surface area is 112 Å². The average Bonchev–Trinajstić information content (AvgIpc) is 2.35. The van der Waals surface area contributed by atoms with Crippen LogP contribution in [0.25, 0.3) is 0 Å². The number of nitriles is 2. The number of aliphatic hydroxyl groups excluding tert-OH is 3. The lowest BCUT2D eigenvalue weighted by Gasteiger charge is -2.12. The minimum absolute atomic E-state index is 0.365. The molecule has 0 aromatic rings. The first-order chi connectivity index (χ1) is 7.49. The van der Waals surface area contributed by atoms with Crippen LogP contribution in [-0.2, 0) is 0 Å². The zero-order valence-electron chi connectivity index (χ0n) is 8.60. The number of nitrogens with zero attached hydrogens (tertiary/aromatic N) is 2. The summed E-state index contributed by atoms with van der Waals surface area (Å²) >= 11 is 6.41. The Morgan fingerprint density at radius 2 is 1.75 bits per heavy atom. The molecule has 0 heterocycles. The Morgan fingerprint density at radius 1 is 1.25 bits per heavy atom. The molecular weight excluding hydrogens is 344 g/mol. The first-order valence-corrected chi connectivity index (χ1v) is 6.34. The predicted octanol–water partition coefficient (Wildman–Crippen LogP) is 0.674. The van der Waals surface area contributed by atoms with Gasteiger partial charge in [-0.05, 0) is 6.42 Å². The van der Waals surface area contributed by atoms with Crippen LogP contribution in [0, 0.1) is 22.7 Å². The number of alkyl halides is 2. The molecule has 0 aliphatic heterocycles. The third-order valence-corrected chi connectivity index (χ3v) is 4.03. The second-order valence-electron chi connectivity index (χ2n) is 2.89. The van der Waals surface area contributed by atoms with Crippen molar-refractivity contribution in [1.29, 1.82) is 10.5 Å². The van der Waals surface area contributed by atoms with E-state index >= 15 is 0 Å². The average molecular weight is 358 g/mol. The molecule has 0 saturated heterocycles. The van der Waals surface area contributed by atoms with Gasteiger partial charge in [-0.1, -0.05) is 31.9 Å². The zero-order chi connectivity index (χ0) is 13.0. The molecule has 0 aromatic heterocycles. The summed E-state index contributed by atoms with van der Waals surface area (Å²) in [5.41, 5.74) is 0. The smallest absolute Gasteiger partial charge is 0.123 e. The van der Waals surface area contributed by atoms with E-state index in [1.165, 1.54) is 0 Å². The van der Waals surface area contributed by atoms with E-state index < -0.39 is 10.4 Å². The summed E-state index contributed by atoms with van der Waals surface area (Å²) in [6.45, 7) is -0.729. The molecule has 0 aliphatic rings. The fourth-order valence-electron chi connectivity index (χ4n) is 0.464. The maximum absolute atomic E-state index is 8.58. The van der Waals surface area contributed by atoms with Crippen LogP contribution in [0.5, 0.6) is 0 Å². The molecule has 16 heavy (non-hydrogen) atoms. The zero-order valence-corrected chi connectivity index (χ0v) is 11.8. The maximum atomic E-state index is 8.58. The Balaban J connectivity index is 0. The van der Waals surface area contributed by atoms with Crippen LogP contribution >= 0.6 is 31.9 Å². The normalized spacial score (nSPS) is 13.0. The third kappa shape index (κ3) is 10.3. The highest BCUT2D eigenvalue weighted by molar-refractivity contribution is 9.12. The van der Waals surface area contributed by atoms with Crippen molar-refractivity contribution in [3.8, 4) is 12.1 Å². The van der Waals surface area contributed by atoms with Gasteiger partial charge < -0.3 is 15.3 Å². The Kier molecular flexibility index (Phi) is 12.9. The molecule has 0 aliphatic carbocycles. The topological polar surface area (TPSA) is 108 Å². The minimum Gasteiger partial charge on any atom is -0.394 e. The molecule has 0 bridgehead atoms.